The molecule has 158 valence electrons. The van der Waals surface area contributed by atoms with Gasteiger partial charge in [-0.2, -0.15) is 0 Å². The molecule has 0 saturated carbocycles. The van der Waals surface area contributed by atoms with Crippen LogP contribution in [0.3, 0.4) is 0 Å². The van der Waals surface area contributed by atoms with Crippen LogP contribution in [-0.4, -0.2) is 82.8 Å². The minimum absolute atomic E-state index is 0.00849. The molecule has 0 aromatic carbocycles. The van der Waals surface area contributed by atoms with E-state index >= 15 is 0 Å². The van der Waals surface area contributed by atoms with Gasteiger partial charge in [0.25, 0.3) is 0 Å². The van der Waals surface area contributed by atoms with E-state index in [1.165, 1.54) is 4.90 Å². The van der Waals surface area contributed by atoms with Crippen LogP contribution < -0.4 is 0 Å². The first kappa shape index (κ1) is 20.1. The van der Waals surface area contributed by atoms with Crippen LogP contribution in [0, 0.1) is 11.8 Å². The van der Waals surface area contributed by atoms with Crippen LogP contribution in [0.15, 0.2) is 24.3 Å². The number of hydrogen-bond donors (Lipinski definition) is 1. The number of carbonyl (C=O) groups excluding carboxylic acids is 3. The van der Waals surface area contributed by atoms with Crippen LogP contribution in [0.4, 0.5) is 0 Å². The quantitative estimate of drug-likeness (QED) is 0.522. The molecule has 0 aliphatic carbocycles. The van der Waals surface area contributed by atoms with Crippen molar-refractivity contribution in [3.63, 3.8) is 0 Å². The van der Waals surface area contributed by atoms with Gasteiger partial charge in [-0.15, -0.1) is 0 Å². The van der Waals surface area contributed by atoms with E-state index in [1.54, 1.807) is 23.1 Å². The largest absolute Gasteiger partial charge is 0.461 e. The summed E-state index contributed by atoms with van der Waals surface area (Å²) in [6.07, 6.45) is 8.29. The number of β-amino-alcohol motifs (C(OH)–C–C–N with tert-alkyl or cyclic N) is 1. The Kier molecular flexibility index (Phi) is 5.25. The summed E-state index contributed by atoms with van der Waals surface area (Å²) in [5, 5.41) is 9.56. The normalized spacial score (nSPS) is 37.0. The van der Waals surface area contributed by atoms with Crippen molar-refractivity contribution in [3.8, 4) is 0 Å². The summed E-state index contributed by atoms with van der Waals surface area (Å²) in [7, 11) is 0. The van der Waals surface area contributed by atoms with E-state index in [1.807, 2.05) is 13.0 Å². The smallest absolute Gasteiger partial charge is 0.313 e. The summed E-state index contributed by atoms with van der Waals surface area (Å²) < 4.78 is 11.6. The number of ether oxygens (including phenoxy) is 2. The molecule has 4 heterocycles. The van der Waals surface area contributed by atoms with Crippen molar-refractivity contribution >= 4 is 17.8 Å². The Hall–Kier alpha value is -2.19. The van der Waals surface area contributed by atoms with Crippen LogP contribution in [0.5, 0.6) is 0 Å². The molecule has 4 aliphatic heterocycles. The number of hydrogen-bond acceptors (Lipinski definition) is 6. The van der Waals surface area contributed by atoms with Crippen molar-refractivity contribution in [1.29, 1.82) is 0 Å². The SMILES string of the molecule is CCCC(C)N1CC=C[C@]23O[C@H]4C=CCOC(=O)[C@H]4[C@H]2C(=O)N(CCO)C3C1=O. The highest BCUT2D eigenvalue weighted by Gasteiger charge is 2.71. The van der Waals surface area contributed by atoms with Gasteiger partial charge in [0, 0.05) is 19.1 Å². The lowest BCUT2D eigenvalue weighted by molar-refractivity contribution is -0.153. The van der Waals surface area contributed by atoms with Crippen LogP contribution in [0.1, 0.15) is 26.7 Å². The zero-order valence-electron chi connectivity index (χ0n) is 16.8. The molecule has 0 bridgehead atoms. The number of likely N-dealkylation sites (tertiary alicyclic amines) is 1. The Bertz CT molecular complexity index is 764. The first-order valence-corrected chi connectivity index (χ1v) is 10.4. The topological polar surface area (TPSA) is 96.4 Å². The second-order valence-electron chi connectivity index (χ2n) is 8.19. The summed E-state index contributed by atoms with van der Waals surface area (Å²) in [6.45, 7) is 4.37. The molecule has 8 nitrogen and oxygen atoms in total. The van der Waals surface area contributed by atoms with E-state index in [4.69, 9.17) is 9.47 Å². The van der Waals surface area contributed by atoms with E-state index < -0.39 is 35.6 Å². The number of carbonyl (C=O) groups is 3. The van der Waals surface area contributed by atoms with Crippen molar-refractivity contribution in [2.75, 3.05) is 26.3 Å². The summed E-state index contributed by atoms with van der Waals surface area (Å²) in [6, 6.07) is -0.896. The van der Waals surface area contributed by atoms with Gasteiger partial charge in [0.15, 0.2) is 0 Å². The average molecular weight is 404 g/mol. The van der Waals surface area contributed by atoms with Gasteiger partial charge in [0.05, 0.1) is 18.6 Å². The predicted molar refractivity (Wildman–Crippen MR) is 102 cm³/mol. The molecule has 2 unspecified atom stereocenters. The number of fused-ring (bicyclic) bond motifs is 2. The molecular formula is C21H28N2O6. The summed E-state index contributed by atoms with van der Waals surface area (Å²) in [5.41, 5.74) is -1.24. The van der Waals surface area contributed by atoms with E-state index in [0.717, 1.165) is 12.8 Å². The lowest BCUT2D eigenvalue weighted by Crippen LogP contribution is -2.57. The number of rotatable bonds is 5. The molecule has 4 rings (SSSR count). The maximum atomic E-state index is 13.7. The number of amides is 2. The molecule has 1 N–H and O–H groups in total. The van der Waals surface area contributed by atoms with Gasteiger partial charge in [0.1, 0.15) is 24.2 Å². The van der Waals surface area contributed by atoms with E-state index in [2.05, 4.69) is 6.92 Å². The van der Waals surface area contributed by atoms with Gasteiger partial charge >= 0.3 is 5.97 Å². The first-order chi connectivity index (χ1) is 14.0. The van der Waals surface area contributed by atoms with E-state index in [-0.39, 0.29) is 37.6 Å². The van der Waals surface area contributed by atoms with Crippen LogP contribution >= 0.6 is 0 Å². The Morgan fingerprint density at radius 3 is 2.79 bits per heavy atom. The fourth-order valence-corrected chi connectivity index (χ4v) is 5.30. The molecule has 29 heavy (non-hydrogen) atoms. The molecule has 0 aromatic rings. The molecule has 8 heteroatoms. The summed E-state index contributed by atoms with van der Waals surface area (Å²) in [5.74, 6) is -2.67. The van der Waals surface area contributed by atoms with Gasteiger partial charge in [-0.05, 0) is 19.4 Å². The third kappa shape index (κ3) is 2.92. The highest BCUT2D eigenvalue weighted by molar-refractivity contribution is 5.99. The Morgan fingerprint density at radius 2 is 2.07 bits per heavy atom. The zero-order chi connectivity index (χ0) is 20.8. The lowest BCUT2D eigenvalue weighted by Gasteiger charge is -2.37. The molecule has 2 amide bonds. The van der Waals surface area contributed by atoms with Crippen LogP contribution in [0.25, 0.3) is 0 Å². The second-order valence-corrected chi connectivity index (χ2v) is 8.19. The molecule has 0 aromatic heterocycles. The lowest BCUT2D eigenvalue weighted by atomic mass is 9.78. The van der Waals surface area contributed by atoms with Gasteiger partial charge in [-0.3, -0.25) is 14.4 Å². The molecule has 6 atom stereocenters. The average Bonchev–Trinajstić information content (AvgIpc) is 2.97. The highest BCUT2D eigenvalue weighted by atomic mass is 16.6. The molecule has 0 radical (unpaired) electrons. The minimum Gasteiger partial charge on any atom is -0.461 e. The van der Waals surface area contributed by atoms with Crippen molar-refractivity contribution in [2.24, 2.45) is 11.8 Å². The van der Waals surface area contributed by atoms with Gasteiger partial charge in [0.2, 0.25) is 11.8 Å². The number of aliphatic hydroxyl groups is 1. The Morgan fingerprint density at radius 1 is 1.28 bits per heavy atom. The molecule has 1 spiro atoms. The van der Waals surface area contributed by atoms with Gasteiger partial charge in [-0.25, -0.2) is 0 Å². The standard InChI is InChI=1S/C21H28N2O6/c1-3-6-13(2)22-9-5-8-21-16(15-14(29-21)7-4-12-28-20(15)27)18(25)23(10-11-24)17(21)19(22)26/h4-5,7-8,13-17,24H,3,6,9-12H2,1-2H3/t13?,14-,15+,16-,17?,21-/m0/s1. The summed E-state index contributed by atoms with van der Waals surface area (Å²) >= 11 is 0. The zero-order valence-corrected chi connectivity index (χ0v) is 16.8. The van der Waals surface area contributed by atoms with Gasteiger partial charge < -0.3 is 24.4 Å². The van der Waals surface area contributed by atoms with Crippen molar-refractivity contribution in [3.05, 3.63) is 24.3 Å². The molecule has 2 fully saturated rings. The highest BCUT2D eigenvalue weighted by Crippen LogP contribution is 2.53. The van der Waals surface area contributed by atoms with Crippen molar-refractivity contribution in [2.45, 2.75) is 50.5 Å². The van der Waals surface area contributed by atoms with Gasteiger partial charge in [-0.1, -0.05) is 31.6 Å². The Labute approximate surface area is 170 Å². The monoisotopic (exact) mass is 404 g/mol. The molecular weight excluding hydrogens is 376 g/mol. The third-order valence-corrected chi connectivity index (χ3v) is 6.52. The van der Waals surface area contributed by atoms with Crippen molar-refractivity contribution in [1.82, 2.24) is 9.80 Å². The van der Waals surface area contributed by atoms with E-state index in [9.17, 15) is 19.5 Å². The fraction of sp³-hybridized carbons (Fsp3) is 0.667. The van der Waals surface area contributed by atoms with Crippen LogP contribution in [-0.2, 0) is 23.9 Å². The number of esters is 1. The molecule has 2 saturated heterocycles. The number of nitrogens with zero attached hydrogens (tertiary/aromatic N) is 2. The minimum atomic E-state index is -1.24. The summed E-state index contributed by atoms with van der Waals surface area (Å²) in [4.78, 5) is 42.9. The van der Waals surface area contributed by atoms with E-state index in [0.29, 0.717) is 6.54 Å². The number of aliphatic hydroxyl groups excluding tert-OH is 1. The maximum Gasteiger partial charge on any atom is 0.313 e. The fourth-order valence-electron chi connectivity index (χ4n) is 5.30. The van der Waals surface area contributed by atoms with Crippen molar-refractivity contribution < 1.29 is 29.0 Å². The molecule has 4 aliphatic rings. The Balaban J connectivity index is 1.79. The first-order valence-electron chi connectivity index (χ1n) is 10.4. The predicted octanol–water partition coefficient (Wildman–Crippen LogP) is 0.260. The maximum absolute atomic E-state index is 13.7. The number of cyclic esters (lactones) is 1. The third-order valence-electron chi connectivity index (χ3n) is 6.52. The second kappa shape index (κ2) is 7.57. The van der Waals surface area contributed by atoms with Crippen LogP contribution in [0.2, 0.25) is 0 Å².